The number of nitrogens with zero attached hydrogens (tertiary/aromatic N) is 1. The van der Waals surface area contributed by atoms with Gasteiger partial charge in [0.1, 0.15) is 0 Å². The van der Waals surface area contributed by atoms with Crippen LogP contribution in [0.4, 0.5) is 4.79 Å². The molecular formula is C15H28N2O2. The van der Waals surface area contributed by atoms with Crippen molar-refractivity contribution in [2.75, 3.05) is 19.7 Å². The molecular weight excluding hydrogens is 240 g/mol. The van der Waals surface area contributed by atoms with Crippen LogP contribution in [-0.2, 0) is 4.74 Å². The fraction of sp³-hybridized carbons (Fsp3) is 0.933. The van der Waals surface area contributed by atoms with Crippen molar-refractivity contribution in [2.24, 2.45) is 5.92 Å². The molecule has 1 amide bonds. The second kappa shape index (κ2) is 7.13. The van der Waals surface area contributed by atoms with E-state index in [0.717, 1.165) is 19.0 Å². The fourth-order valence-corrected chi connectivity index (χ4v) is 3.58. The number of ether oxygens (including phenoxy) is 1. The average molecular weight is 268 g/mol. The van der Waals surface area contributed by atoms with Gasteiger partial charge in [0, 0.05) is 25.2 Å². The van der Waals surface area contributed by atoms with Crippen LogP contribution in [0.2, 0.25) is 0 Å². The van der Waals surface area contributed by atoms with Gasteiger partial charge in [-0.15, -0.1) is 0 Å². The Labute approximate surface area is 116 Å². The first kappa shape index (κ1) is 14.6. The van der Waals surface area contributed by atoms with E-state index in [2.05, 4.69) is 17.1 Å². The molecule has 4 heteroatoms. The number of carbonyl (C=O) groups excluding carboxylic acids is 1. The molecule has 110 valence electrons. The molecule has 0 spiro atoms. The van der Waals surface area contributed by atoms with Crippen LogP contribution in [0.25, 0.3) is 0 Å². The topological polar surface area (TPSA) is 41.6 Å². The monoisotopic (exact) mass is 268 g/mol. The Morgan fingerprint density at radius 2 is 2.00 bits per heavy atom. The molecule has 4 nitrogen and oxygen atoms in total. The molecule has 0 aromatic carbocycles. The number of hydrogen-bond acceptors (Lipinski definition) is 3. The third-order valence-electron chi connectivity index (χ3n) is 4.38. The second-order valence-electron chi connectivity index (χ2n) is 6.15. The van der Waals surface area contributed by atoms with E-state index in [1.54, 1.807) is 0 Å². The normalized spacial score (nSPS) is 30.0. The molecule has 0 radical (unpaired) electrons. The first-order valence-electron chi connectivity index (χ1n) is 7.86. The van der Waals surface area contributed by atoms with E-state index >= 15 is 0 Å². The van der Waals surface area contributed by atoms with Crippen LogP contribution in [-0.4, -0.2) is 42.8 Å². The van der Waals surface area contributed by atoms with Crippen molar-refractivity contribution in [3.8, 4) is 0 Å². The molecule has 1 aliphatic carbocycles. The molecule has 1 heterocycles. The van der Waals surface area contributed by atoms with Crippen LogP contribution < -0.4 is 5.32 Å². The van der Waals surface area contributed by atoms with E-state index in [4.69, 9.17) is 4.74 Å². The zero-order chi connectivity index (χ0) is 13.7. The van der Waals surface area contributed by atoms with Crippen LogP contribution in [0, 0.1) is 5.92 Å². The number of rotatable bonds is 3. The minimum atomic E-state index is -0.259. The molecule has 1 saturated heterocycles. The van der Waals surface area contributed by atoms with E-state index in [1.807, 2.05) is 6.92 Å². The Bertz CT molecular complexity index is 290. The Morgan fingerprint density at radius 1 is 1.26 bits per heavy atom. The van der Waals surface area contributed by atoms with E-state index in [1.165, 1.54) is 38.6 Å². The van der Waals surface area contributed by atoms with E-state index in [-0.39, 0.29) is 12.1 Å². The van der Waals surface area contributed by atoms with Gasteiger partial charge in [-0.25, -0.2) is 4.79 Å². The molecule has 2 unspecified atom stereocenters. The molecule has 1 N–H and O–H groups in total. The highest BCUT2D eigenvalue weighted by molar-refractivity contribution is 5.67. The molecule has 0 bridgehead atoms. The number of likely N-dealkylation sites (tertiary alicyclic amines) is 1. The number of piperidine rings is 1. The van der Waals surface area contributed by atoms with Gasteiger partial charge in [-0.3, -0.25) is 4.90 Å². The lowest BCUT2D eigenvalue weighted by atomic mass is 9.89. The first-order valence-corrected chi connectivity index (χ1v) is 7.86. The van der Waals surface area contributed by atoms with Crippen molar-refractivity contribution in [1.82, 2.24) is 10.2 Å². The third-order valence-corrected chi connectivity index (χ3v) is 4.38. The van der Waals surface area contributed by atoms with Crippen molar-refractivity contribution in [3.05, 3.63) is 0 Å². The van der Waals surface area contributed by atoms with Crippen molar-refractivity contribution in [2.45, 2.75) is 64.5 Å². The van der Waals surface area contributed by atoms with E-state index < -0.39 is 0 Å². The molecule has 1 aliphatic heterocycles. The van der Waals surface area contributed by atoms with Crippen molar-refractivity contribution < 1.29 is 9.53 Å². The molecule has 2 fully saturated rings. The van der Waals surface area contributed by atoms with Crippen LogP contribution in [0.5, 0.6) is 0 Å². The summed E-state index contributed by atoms with van der Waals surface area (Å²) in [6.45, 7) is 6.76. The van der Waals surface area contributed by atoms with Gasteiger partial charge in [0.25, 0.3) is 0 Å². The third kappa shape index (κ3) is 4.37. The Kier molecular flexibility index (Phi) is 5.49. The summed E-state index contributed by atoms with van der Waals surface area (Å²) in [6.07, 6.45) is 7.60. The fourth-order valence-electron chi connectivity index (χ4n) is 3.58. The minimum absolute atomic E-state index is 0.254. The highest BCUT2D eigenvalue weighted by atomic mass is 16.5. The smallest absolute Gasteiger partial charge is 0.407 e. The molecule has 0 aromatic rings. The maximum Gasteiger partial charge on any atom is 0.407 e. The lowest BCUT2D eigenvalue weighted by Crippen LogP contribution is -2.53. The van der Waals surface area contributed by atoms with Crippen molar-refractivity contribution in [3.63, 3.8) is 0 Å². The minimum Gasteiger partial charge on any atom is -0.450 e. The van der Waals surface area contributed by atoms with Gasteiger partial charge in [-0.05, 0) is 32.1 Å². The number of carbonyl (C=O) groups is 1. The quantitative estimate of drug-likeness (QED) is 0.855. The maximum atomic E-state index is 11.5. The molecule has 2 rings (SSSR count). The van der Waals surface area contributed by atoms with Crippen LogP contribution in [0.3, 0.4) is 0 Å². The zero-order valence-corrected chi connectivity index (χ0v) is 12.4. The predicted octanol–water partition coefficient (Wildman–Crippen LogP) is 2.78. The number of alkyl carbamates (subject to hydrolysis) is 1. The lowest BCUT2D eigenvalue weighted by Gasteiger charge is -2.42. The highest BCUT2D eigenvalue weighted by Gasteiger charge is 2.30. The highest BCUT2D eigenvalue weighted by Crippen LogP contribution is 2.27. The van der Waals surface area contributed by atoms with Crippen molar-refractivity contribution in [1.29, 1.82) is 0 Å². The molecule has 2 atom stereocenters. The first-order chi connectivity index (χ1) is 9.19. The summed E-state index contributed by atoms with van der Waals surface area (Å²) in [6, 6.07) is 0.993. The molecule has 0 aromatic heterocycles. The molecule has 19 heavy (non-hydrogen) atoms. The van der Waals surface area contributed by atoms with Crippen LogP contribution in [0.15, 0.2) is 0 Å². The maximum absolute atomic E-state index is 11.5. The second-order valence-corrected chi connectivity index (χ2v) is 6.15. The van der Waals surface area contributed by atoms with E-state index in [0.29, 0.717) is 12.5 Å². The van der Waals surface area contributed by atoms with Gasteiger partial charge in [0.15, 0.2) is 0 Å². The number of nitrogens with one attached hydrogen (secondary N) is 1. The number of hydrogen-bond donors (Lipinski definition) is 1. The summed E-state index contributed by atoms with van der Waals surface area (Å²) in [5.41, 5.74) is 0. The van der Waals surface area contributed by atoms with Crippen LogP contribution >= 0.6 is 0 Å². The number of amides is 1. The molecule has 2 aliphatic rings. The summed E-state index contributed by atoms with van der Waals surface area (Å²) >= 11 is 0. The lowest BCUT2D eigenvalue weighted by molar-refractivity contribution is 0.0778. The standard InChI is InChI=1S/C15H28N2O2/c1-3-19-15(18)16-13-9-12(2)10-17(11-13)14-7-5-4-6-8-14/h12-14H,3-11H2,1-2H3,(H,16,18). The van der Waals surface area contributed by atoms with Gasteiger partial charge in [0.2, 0.25) is 0 Å². The summed E-state index contributed by atoms with van der Waals surface area (Å²) in [5, 5.41) is 3.02. The Balaban J connectivity index is 1.86. The van der Waals surface area contributed by atoms with Crippen LogP contribution in [0.1, 0.15) is 52.4 Å². The van der Waals surface area contributed by atoms with E-state index in [9.17, 15) is 4.79 Å². The Hall–Kier alpha value is -0.770. The van der Waals surface area contributed by atoms with Gasteiger partial charge < -0.3 is 10.1 Å². The zero-order valence-electron chi connectivity index (χ0n) is 12.4. The SMILES string of the molecule is CCOC(=O)NC1CC(C)CN(C2CCCCC2)C1. The summed E-state index contributed by atoms with van der Waals surface area (Å²) in [5.74, 6) is 0.655. The van der Waals surface area contributed by atoms with Crippen molar-refractivity contribution >= 4 is 6.09 Å². The van der Waals surface area contributed by atoms with Gasteiger partial charge in [-0.2, -0.15) is 0 Å². The molecule has 1 saturated carbocycles. The Morgan fingerprint density at radius 3 is 2.68 bits per heavy atom. The van der Waals surface area contributed by atoms with Gasteiger partial charge in [-0.1, -0.05) is 26.2 Å². The summed E-state index contributed by atoms with van der Waals surface area (Å²) < 4.78 is 4.99. The predicted molar refractivity (Wildman–Crippen MR) is 76.2 cm³/mol. The van der Waals surface area contributed by atoms with Gasteiger partial charge in [0.05, 0.1) is 6.61 Å². The summed E-state index contributed by atoms with van der Waals surface area (Å²) in [7, 11) is 0. The van der Waals surface area contributed by atoms with Gasteiger partial charge >= 0.3 is 6.09 Å². The average Bonchev–Trinajstić information content (AvgIpc) is 2.39. The largest absolute Gasteiger partial charge is 0.450 e. The summed E-state index contributed by atoms with van der Waals surface area (Å²) in [4.78, 5) is 14.2.